The highest BCUT2D eigenvalue weighted by Gasteiger charge is 1.99. The van der Waals surface area contributed by atoms with E-state index < -0.39 is 35.8 Å². The van der Waals surface area contributed by atoms with Gasteiger partial charge in [-0.3, -0.25) is 9.36 Å². The summed E-state index contributed by atoms with van der Waals surface area (Å²) in [6, 6.07) is 0.113. The van der Waals surface area contributed by atoms with E-state index in [1.54, 1.807) is 0 Å². The van der Waals surface area contributed by atoms with Crippen LogP contribution in [-0.4, -0.2) is 9.67 Å². The van der Waals surface area contributed by atoms with Gasteiger partial charge < -0.3 is 5.11 Å². The number of aromatic nitrogens is 1. The lowest BCUT2D eigenvalue weighted by molar-refractivity contribution is 0.281. The third-order valence-electron chi connectivity index (χ3n) is 1.88. The van der Waals surface area contributed by atoms with E-state index >= 15 is 0 Å². The minimum atomic E-state index is -0.541. The molecule has 3 nitrogen and oxygen atoms in total. The van der Waals surface area contributed by atoms with Crippen molar-refractivity contribution in [1.29, 1.82) is 0 Å². The molecule has 0 aliphatic carbocycles. The normalized spacial score (nSPS) is 14.9. The van der Waals surface area contributed by atoms with E-state index in [9.17, 15) is 4.79 Å². The summed E-state index contributed by atoms with van der Waals surface area (Å²) in [5, 5.41) is 9.08. The zero-order valence-electron chi connectivity index (χ0n) is 12.7. The summed E-state index contributed by atoms with van der Waals surface area (Å²) >= 11 is 0. The number of aliphatic hydroxyl groups is 1. The zero-order valence-corrected chi connectivity index (χ0v) is 7.74. The average molecular weight is 206 g/mol. The smallest absolute Gasteiger partial charge is 0.255 e. The van der Waals surface area contributed by atoms with Crippen LogP contribution in [0.1, 0.15) is 12.4 Å². The Morgan fingerprint density at radius 2 is 2.00 bits per heavy atom. The maximum atomic E-state index is 11.8. The second kappa shape index (κ2) is 4.11. The van der Waals surface area contributed by atoms with Crippen molar-refractivity contribution in [2.75, 3.05) is 0 Å². The van der Waals surface area contributed by atoms with Crippen LogP contribution in [-0.2, 0) is 6.61 Å². The number of hydrogen-bond acceptors (Lipinski definition) is 2. The summed E-state index contributed by atoms with van der Waals surface area (Å²) in [5.74, 6) is 0. The first-order valence-electron chi connectivity index (χ1n) is 6.78. The molecule has 0 radical (unpaired) electrons. The van der Waals surface area contributed by atoms with Gasteiger partial charge in [0.2, 0.25) is 0 Å². The van der Waals surface area contributed by atoms with E-state index in [2.05, 4.69) is 0 Å². The van der Waals surface area contributed by atoms with Crippen molar-refractivity contribution in [1.82, 2.24) is 4.57 Å². The average Bonchev–Trinajstić information content (AvgIpc) is 2.45. The van der Waals surface area contributed by atoms with Crippen molar-refractivity contribution in [3.63, 3.8) is 0 Å². The molecule has 0 aliphatic rings. The summed E-state index contributed by atoms with van der Waals surface area (Å²) in [5.41, 5.74) is -0.367. The fraction of sp³-hybridized carbons (Fsp3) is 0.0833. The SMILES string of the molecule is [2H]c1c([2H])c([2H])c(-n2cc(CO)ccc2=O)c([2H])c1[2H]. The highest BCUT2D eigenvalue weighted by atomic mass is 16.3. The van der Waals surface area contributed by atoms with Gasteiger partial charge in [0.25, 0.3) is 5.56 Å². The van der Waals surface area contributed by atoms with Crippen LogP contribution in [0.3, 0.4) is 0 Å². The fourth-order valence-electron chi connectivity index (χ4n) is 1.16. The molecule has 1 aromatic heterocycles. The van der Waals surface area contributed by atoms with E-state index in [-0.39, 0.29) is 12.3 Å². The lowest BCUT2D eigenvalue weighted by Crippen LogP contribution is -2.16. The number of aliphatic hydroxyl groups excluding tert-OH is 1. The number of para-hydroxylation sites is 1. The van der Waals surface area contributed by atoms with Gasteiger partial charge in [-0.1, -0.05) is 18.1 Å². The predicted octanol–water partition coefficient (Wildman–Crippen LogP) is 1.33. The molecule has 3 heteroatoms. The van der Waals surface area contributed by atoms with Crippen molar-refractivity contribution in [3.05, 3.63) is 64.5 Å². The van der Waals surface area contributed by atoms with Crippen molar-refractivity contribution in [2.45, 2.75) is 6.61 Å². The van der Waals surface area contributed by atoms with Gasteiger partial charge >= 0.3 is 0 Å². The number of benzene rings is 1. The Hall–Kier alpha value is -1.87. The molecule has 0 atom stereocenters. The molecule has 0 fully saturated rings. The van der Waals surface area contributed by atoms with E-state index in [1.807, 2.05) is 0 Å². The third kappa shape index (κ3) is 1.97. The first-order valence-corrected chi connectivity index (χ1v) is 4.28. The summed E-state index contributed by atoms with van der Waals surface area (Å²) in [6.45, 7) is -0.320. The molecule has 0 aliphatic heterocycles. The molecule has 1 aromatic carbocycles. The van der Waals surface area contributed by atoms with Crippen LogP contribution in [0.5, 0.6) is 0 Å². The van der Waals surface area contributed by atoms with Gasteiger partial charge in [-0.05, 0) is 23.7 Å². The lowest BCUT2D eigenvalue weighted by Gasteiger charge is -2.06. The van der Waals surface area contributed by atoms with Crippen LogP contribution in [0.15, 0.2) is 53.3 Å². The molecule has 15 heavy (non-hydrogen) atoms. The zero-order chi connectivity index (χ0) is 15.0. The van der Waals surface area contributed by atoms with E-state index in [4.69, 9.17) is 12.0 Å². The van der Waals surface area contributed by atoms with Crippen LogP contribution in [0.4, 0.5) is 0 Å². The molecular formula is C12H11NO2. The van der Waals surface area contributed by atoms with Crippen LogP contribution >= 0.6 is 0 Å². The van der Waals surface area contributed by atoms with Gasteiger partial charge in [-0.25, -0.2) is 0 Å². The number of rotatable bonds is 2. The number of nitrogens with zero attached hydrogens (tertiary/aromatic N) is 1. The topological polar surface area (TPSA) is 42.2 Å². The molecule has 0 bridgehead atoms. The summed E-state index contributed by atoms with van der Waals surface area (Å²) < 4.78 is 39.2. The predicted molar refractivity (Wildman–Crippen MR) is 58.0 cm³/mol. The Morgan fingerprint density at radius 1 is 1.27 bits per heavy atom. The van der Waals surface area contributed by atoms with Gasteiger partial charge in [-0.15, -0.1) is 0 Å². The molecule has 1 heterocycles. The van der Waals surface area contributed by atoms with Crippen molar-refractivity contribution >= 4 is 0 Å². The Bertz CT molecular complexity index is 712. The van der Waals surface area contributed by atoms with Crippen LogP contribution in [0, 0.1) is 0 Å². The van der Waals surface area contributed by atoms with Crippen LogP contribution in [0.25, 0.3) is 5.69 Å². The first kappa shape index (κ1) is 5.28. The molecule has 1 N–H and O–H groups in total. The highest BCUT2D eigenvalue weighted by molar-refractivity contribution is 5.32. The maximum absolute atomic E-state index is 11.8. The standard InChI is InChI=1S/C12H11NO2/c14-9-10-6-7-12(15)13(8-10)11-4-2-1-3-5-11/h1-8,14H,9H2/i1D,2D,3D,4D,5D. The molecular weight excluding hydrogens is 190 g/mol. The van der Waals surface area contributed by atoms with E-state index in [0.717, 1.165) is 4.57 Å². The molecule has 0 saturated carbocycles. The summed E-state index contributed by atoms with van der Waals surface area (Å²) in [7, 11) is 0. The number of hydrogen-bond donors (Lipinski definition) is 1. The Labute approximate surface area is 94.3 Å². The third-order valence-corrected chi connectivity index (χ3v) is 1.88. The molecule has 0 spiro atoms. The van der Waals surface area contributed by atoms with E-state index in [0.29, 0.717) is 5.56 Å². The maximum Gasteiger partial charge on any atom is 0.255 e. The van der Waals surface area contributed by atoms with Crippen molar-refractivity contribution in [3.8, 4) is 5.69 Å². The van der Waals surface area contributed by atoms with Gasteiger partial charge in [0.15, 0.2) is 0 Å². The van der Waals surface area contributed by atoms with Gasteiger partial charge in [0.05, 0.1) is 13.5 Å². The quantitative estimate of drug-likeness (QED) is 0.805. The second-order valence-electron chi connectivity index (χ2n) is 2.88. The van der Waals surface area contributed by atoms with Crippen molar-refractivity contribution in [2.24, 2.45) is 0 Å². The Balaban J connectivity index is 2.86. The van der Waals surface area contributed by atoms with Crippen LogP contribution < -0.4 is 5.56 Å². The van der Waals surface area contributed by atoms with E-state index in [1.165, 1.54) is 18.3 Å². The second-order valence-corrected chi connectivity index (χ2v) is 2.88. The first-order chi connectivity index (χ1) is 9.38. The lowest BCUT2D eigenvalue weighted by atomic mass is 10.2. The van der Waals surface area contributed by atoms with Gasteiger partial charge in [-0.2, -0.15) is 0 Å². The van der Waals surface area contributed by atoms with Gasteiger partial charge in [0, 0.05) is 18.0 Å². The summed E-state index contributed by atoms with van der Waals surface area (Å²) in [6.07, 6.45) is 1.26. The summed E-state index contributed by atoms with van der Waals surface area (Å²) in [4.78, 5) is 11.8. The van der Waals surface area contributed by atoms with Crippen molar-refractivity contribution < 1.29 is 12.0 Å². The van der Waals surface area contributed by atoms with Gasteiger partial charge in [0.1, 0.15) is 0 Å². The molecule has 2 aromatic rings. The molecule has 0 unspecified atom stereocenters. The van der Waals surface area contributed by atoms with Crippen LogP contribution in [0.2, 0.25) is 0 Å². The monoisotopic (exact) mass is 206 g/mol. The minimum Gasteiger partial charge on any atom is -0.392 e. The molecule has 0 saturated heterocycles. The molecule has 2 rings (SSSR count). The highest BCUT2D eigenvalue weighted by Crippen LogP contribution is 2.05. The largest absolute Gasteiger partial charge is 0.392 e. The minimum absolute atomic E-state index is 0.226. The fourth-order valence-corrected chi connectivity index (χ4v) is 1.16. The molecule has 76 valence electrons. The number of pyridine rings is 1. The Morgan fingerprint density at radius 3 is 2.67 bits per heavy atom. The molecule has 0 amide bonds. The Kier molecular flexibility index (Phi) is 1.45.